The first kappa shape index (κ1) is 15.1. The molecule has 0 aliphatic carbocycles. The van der Waals surface area contributed by atoms with Gasteiger partial charge in [-0.05, 0) is 44.7 Å². The number of fused-ring (bicyclic) bond motifs is 2. The summed E-state index contributed by atoms with van der Waals surface area (Å²) in [4.78, 5) is 11.5. The Hall–Kier alpha value is -0.480. The first-order valence-corrected chi connectivity index (χ1v) is 9.51. The van der Waals surface area contributed by atoms with Gasteiger partial charge in [-0.25, -0.2) is 9.97 Å². The summed E-state index contributed by atoms with van der Waals surface area (Å²) in [6, 6.07) is 0.876. The first-order valence-electron chi connectivity index (χ1n) is 7.04. The van der Waals surface area contributed by atoms with E-state index in [9.17, 15) is 5.11 Å². The SMILES string of the molecule is OCc1nc(Br)c(Br)n1-c1csc(N2[C@@H]3CC[C@H]2COC3)n1. The van der Waals surface area contributed by atoms with Crippen molar-refractivity contribution in [3.63, 3.8) is 0 Å². The van der Waals surface area contributed by atoms with Gasteiger partial charge in [0.15, 0.2) is 10.9 Å². The Morgan fingerprint density at radius 3 is 2.68 bits per heavy atom. The van der Waals surface area contributed by atoms with Gasteiger partial charge in [0, 0.05) is 5.38 Å². The molecular weight excluding hydrogens is 436 g/mol. The number of aliphatic hydroxyl groups excluding tert-OH is 1. The maximum absolute atomic E-state index is 9.49. The largest absolute Gasteiger partial charge is 0.388 e. The van der Waals surface area contributed by atoms with Crippen molar-refractivity contribution in [2.24, 2.45) is 0 Å². The van der Waals surface area contributed by atoms with Gasteiger partial charge in [-0.3, -0.25) is 4.57 Å². The van der Waals surface area contributed by atoms with E-state index in [0.29, 0.717) is 22.5 Å². The van der Waals surface area contributed by atoms with Gasteiger partial charge < -0.3 is 14.7 Å². The van der Waals surface area contributed by atoms with Crippen molar-refractivity contribution < 1.29 is 9.84 Å². The molecule has 22 heavy (non-hydrogen) atoms. The number of nitrogens with zero attached hydrogens (tertiary/aromatic N) is 4. The summed E-state index contributed by atoms with van der Waals surface area (Å²) in [6.07, 6.45) is 2.34. The van der Waals surface area contributed by atoms with E-state index in [-0.39, 0.29) is 6.61 Å². The lowest BCUT2D eigenvalue weighted by atomic mass is 10.2. The molecule has 6 nitrogen and oxygen atoms in total. The second kappa shape index (κ2) is 5.86. The fraction of sp³-hybridized carbons (Fsp3) is 0.538. The van der Waals surface area contributed by atoms with E-state index >= 15 is 0 Å². The van der Waals surface area contributed by atoms with Crippen molar-refractivity contribution in [1.29, 1.82) is 0 Å². The van der Waals surface area contributed by atoms with Crippen LogP contribution in [0.4, 0.5) is 5.13 Å². The topological polar surface area (TPSA) is 63.4 Å². The zero-order chi connectivity index (χ0) is 15.3. The summed E-state index contributed by atoms with van der Waals surface area (Å²) in [7, 11) is 0. The van der Waals surface area contributed by atoms with E-state index in [1.54, 1.807) is 11.3 Å². The number of hydrogen-bond acceptors (Lipinski definition) is 6. The Morgan fingerprint density at radius 1 is 1.27 bits per heavy atom. The van der Waals surface area contributed by atoms with Crippen molar-refractivity contribution in [1.82, 2.24) is 14.5 Å². The highest BCUT2D eigenvalue weighted by atomic mass is 79.9. The van der Waals surface area contributed by atoms with Gasteiger partial charge in [-0.15, -0.1) is 11.3 Å². The van der Waals surface area contributed by atoms with E-state index in [2.05, 4.69) is 41.7 Å². The average molecular weight is 450 g/mol. The number of imidazole rings is 1. The predicted octanol–water partition coefficient (Wildman–Crippen LogP) is 2.71. The lowest BCUT2D eigenvalue weighted by Crippen LogP contribution is -2.45. The minimum Gasteiger partial charge on any atom is -0.388 e. The van der Waals surface area contributed by atoms with Crippen LogP contribution >= 0.6 is 43.2 Å². The Balaban J connectivity index is 1.70. The van der Waals surface area contributed by atoms with Gasteiger partial charge in [-0.1, -0.05) is 0 Å². The number of aromatic nitrogens is 3. The number of anilines is 1. The van der Waals surface area contributed by atoms with Crippen molar-refractivity contribution >= 4 is 48.3 Å². The lowest BCUT2D eigenvalue weighted by molar-refractivity contribution is 0.0906. The molecule has 0 amide bonds. The second-order valence-electron chi connectivity index (χ2n) is 5.42. The highest BCUT2D eigenvalue weighted by molar-refractivity contribution is 9.13. The summed E-state index contributed by atoms with van der Waals surface area (Å²) < 4.78 is 8.88. The van der Waals surface area contributed by atoms with Crippen LogP contribution < -0.4 is 4.90 Å². The molecule has 118 valence electrons. The number of ether oxygens (including phenoxy) is 1. The van der Waals surface area contributed by atoms with Crippen LogP contribution in [0.1, 0.15) is 18.7 Å². The van der Waals surface area contributed by atoms with E-state index in [1.165, 1.54) is 12.8 Å². The minimum atomic E-state index is -0.139. The zero-order valence-electron chi connectivity index (χ0n) is 11.6. The summed E-state index contributed by atoms with van der Waals surface area (Å²) in [5, 5.41) is 12.5. The van der Waals surface area contributed by atoms with E-state index in [1.807, 2.05) is 9.95 Å². The Labute approximate surface area is 148 Å². The fourth-order valence-corrected chi connectivity index (χ4v) is 4.96. The molecule has 0 saturated carbocycles. The monoisotopic (exact) mass is 448 g/mol. The van der Waals surface area contributed by atoms with Crippen molar-refractivity contribution in [3.05, 3.63) is 20.4 Å². The molecule has 2 aliphatic heterocycles. The molecule has 2 fully saturated rings. The quantitative estimate of drug-likeness (QED) is 0.780. The van der Waals surface area contributed by atoms with Crippen LogP contribution in [-0.2, 0) is 11.3 Å². The molecule has 2 aliphatic rings. The van der Waals surface area contributed by atoms with Crippen molar-refractivity contribution in [2.75, 3.05) is 18.1 Å². The smallest absolute Gasteiger partial charge is 0.188 e. The molecule has 2 saturated heterocycles. The summed E-state index contributed by atoms with van der Waals surface area (Å²) >= 11 is 8.50. The number of morpholine rings is 1. The van der Waals surface area contributed by atoms with Crippen molar-refractivity contribution in [2.45, 2.75) is 31.5 Å². The zero-order valence-corrected chi connectivity index (χ0v) is 15.6. The predicted molar refractivity (Wildman–Crippen MR) is 90.7 cm³/mol. The molecule has 2 aromatic rings. The minimum absolute atomic E-state index is 0.139. The molecule has 0 spiro atoms. The number of rotatable bonds is 3. The molecule has 0 radical (unpaired) electrons. The summed E-state index contributed by atoms with van der Waals surface area (Å²) in [6.45, 7) is 1.43. The third-order valence-electron chi connectivity index (χ3n) is 4.16. The third-order valence-corrected chi connectivity index (χ3v) is 6.82. The van der Waals surface area contributed by atoms with Gasteiger partial charge in [0.25, 0.3) is 0 Å². The molecular formula is C13H14Br2N4O2S. The highest BCUT2D eigenvalue weighted by Crippen LogP contribution is 2.37. The Bertz CT molecular complexity index is 688. The van der Waals surface area contributed by atoms with Crippen LogP contribution in [0.2, 0.25) is 0 Å². The van der Waals surface area contributed by atoms with Gasteiger partial charge in [0.1, 0.15) is 21.6 Å². The molecule has 4 rings (SSSR count). The van der Waals surface area contributed by atoms with Crippen LogP contribution in [0.25, 0.3) is 5.82 Å². The molecule has 2 bridgehead atoms. The molecule has 9 heteroatoms. The Morgan fingerprint density at radius 2 is 2.00 bits per heavy atom. The maximum atomic E-state index is 9.49. The first-order chi connectivity index (χ1) is 10.7. The average Bonchev–Trinajstić information content (AvgIpc) is 3.15. The lowest BCUT2D eigenvalue weighted by Gasteiger charge is -2.34. The number of aliphatic hydroxyl groups is 1. The van der Waals surface area contributed by atoms with Gasteiger partial charge >= 0.3 is 0 Å². The van der Waals surface area contributed by atoms with E-state index in [4.69, 9.17) is 9.72 Å². The summed E-state index contributed by atoms with van der Waals surface area (Å²) in [5.74, 6) is 1.33. The molecule has 0 unspecified atom stereocenters. The second-order valence-corrected chi connectivity index (χ2v) is 7.76. The maximum Gasteiger partial charge on any atom is 0.188 e. The van der Waals surface area contributed by atoms with Gasteiger partial charge in [0.05, 0.1) is 25.3 Å². The molecule has 2 aromatic heterocycles. The number of hydrogen-bond donors (Lipinski definition) is 1. The van der Waals surface area contributed by atoms with Gasteiger partial charge in [-0.2, -0.15) is 0 Å². The van der Waals surface area contributed by atoms with Crippen LogP contribution in [0.15, 0.2) is 14.6 Å². The number of thiazole rings is 1. The normalized spacial score (nSPS) is 24.2. The number of halogens is 2. The van der Waals surface area contributed by atoms with Crippen molar-refractivity contribution in [3.8, 4) is 5.82 Å². The van der Waals surface area contributed by atoms with Gasteiger partial charge in [0.2, 0.25) is 0 Å². The Kier molecular flexibility index (Phi) is 4.02. The van der Waals surface area contributed by atoms with Crippen LogP contribution in [0.3, 0.4) is 0 Å². The standard InChI is InChI=1S/C13H14Br2N4O2S/c14-11-12(15)19(9(3-20)16-11)10-6-22-13(17-10)18-7-1-2-8(18)5-21-4-7/h6-8,20H,1-5H2/t7-,8+. The van der Waals surface area contributed by atoms with E-state index in [0.717, 1.165) is 28.8 Å². The molecule has 2 atom stereocenters. The highest BCUT2D eigenvalue weighted by Gasteiger charge is 2.39. The van der Waals surface area contributed by atoms with Crippen LogP contribution in [0, 0.1) is 0 Å². The van der Waals surface area contributed by atoms with Crippen LogP contribution in [0.5, 0.6) is 0 Å². The molecule has 1 N–H and O–H groups in total. The summed E-state index contributed by atoms with van der Waals surface area (Å²) in [5.41, 5.74) is 0. The molecule has 0 aromatic carbocycles. The van der Waals surface area contributed by atoms with Crippen LogP contribution in [-0.4, -0.2) is 44.9 Å². The third kappa shape index (κ3) is 2.34. The molecule has 4 heterocycles. The fourth-order valence-electron chi connectivity index (χ4n) is 3.17. The van der Waals surface area contributed by atoms with E-state index < -0.39 is 0 Å².